The number of carboxylic acid groups (broad SMARTS) is 1. The number of nitrogens with two attached hydrogens (primary N) is 2. The van der Waals surface area contributed by atoms with E-state index in [1.54, 1.807) is 0 Å². The molecular formula is C25H52N6O49P10. The van der Waals surface area contributed by atoms with Crippen LogP contribution in [0.5, 0.6) is 0 Å². The van der Waals surface area contributed by atoms with Crippen molar-refractivity contribution in [2.75, 3.05) is 18.9 Å². The second-order valence-corrected chi connectivity index (χ2v) is 32.9. The van der Waals surface area contributed by atoms with Gasteiger partial charge in [-0.25, -0.2) is 47.8 Å². The molecule has 2 aromatic heterocycles. The quantitative estimate of drug-likeness (QED) is 0.0369. The summed E-state index contributed by atoms with van der Waals surface area (Å²) in [5.74, 6) is -22.2. The van der Waals surface area contributed by atoms with Crippen LogP contribution in [-0.4, -0.2) is 267 Å². The summed E-state index contributed by atoms with van der Waals surface area (Å²) in [7, 11) is -55.8. The number of phosphoric ester groups is 2. The Balaban J connectivity index is 0.00000130. The van der Waals surface area contributed by atoms with Crippen molar-refractivity contribution >= 4 is 118 Å². The molecule has 0 spiro atoms. The van der Waals surface area contributed by atoms with Gasteiger partial charge in [-0.1, -0.05) is 0 Å². The number of aliphatic hydroxyl groups excluding tert-OH is 10. The number of aliphatic hydroxyl groups is 11. The highest BCUT2D eigenvalue weighted by Gasteiger charge is 2.59. The summed E-state index contributed by atoms with van der Waals surface area (Å²) in [4.78, 5) is 195. The first-order chi connectivity index (χ1) is 39.9. The molecule has 1 fully saturated rings. The largest absolute Gasteiger partial charge is 0.654 e. The van der Waals surface area contributed by atoms with Crippen molar-refractivity contribution in [3.63, 3.8) is 0 Å². The number of carbonyl (C=O) groups excluding carboxylic acids is 3. The van der Waals surface area contributed by atoms with Gasteiger partial charge in [-0.15, -0.1) is 0 Å². The Labute approximate surface area is 493 Å². The van der Waals surface area contributed by atoms with Gasteiger partial charge in [0.2, 0.25) is 0 Å². The molecule has 3 rings (SSSR count). The standard InChI is InChI=1S/C10H16N5O13P3.C9H18O22P4.C3H11NO7P2.C3H7O7P/c11-8-5-9(13-2-12-8)15(3-14-5)10-7(17)6(16)4(26-10)1-25-30(21,22)28-31(23,24)27-29(18,19)20;10-1(7(16)32(19,20)21)4(13)29-35(28,30-5(14)2(11)8(17)33(22,23)24)31-6(15)3(12)9(18)34(25,26)27;4-2-1-3(5,12(6,7)8)13(9,10)11;4-1(2(5)6)3(7)11(8,9)10/h2-4,6-7,10,16-17H,1H2,(H,21,22)(H,23,24)(H2,11,12,13)(H2,18,19,20);1-3,7-12,16-18H,(H2,19,20,21)(H2,22,23,24)(H2,25,26,27);5H,1-2,4H2,(H2,6,7,8)(H2,9,10,11);1,3-4,7H,(H,5,6)(H2,8,9,10)/t4-,6-,7-,10-;;;/m1.../s1. The van der Waals surface area contributed by atoms with Gasteiger partial charge >= 0.3 is 101 Å². The number of anilines is 1. The topological polar surface area (TPSA) is 966 Å². The van der Waals surface area contributed by atoms with E-state index < -0.39 is 198 Å². The number of phosphoric acid groups is 4. The lowest BCUT2D eigenvalue weighted by Crippen LogP contribution is -2.38. The molecular weight excluding hydrogens is 1480 g/mol. The van der Waals surface area contributed by atoms with E-state index in [0.717, 1.165) is 6.33 Å². The lowest BCUT2D eigenvalue weighted by atomic mass is 10.1. The van der Waals surface area contributed by atoms with Gasteiger partial charge in [0.05, 0.1) is 12.9 Å². The summed E-state index contributed by atoms with van der Waals surface area (Å²) in [6.45, 7) is -1.41. The fourth-order valence-electron chi connectivity index (χ4n) is 5.06. The second kappa shape index (κ2) is 32.8. The molecule has 0 amide bonds. The molecule has 0 saturated carbocycles. The van der Waals surface area contributed by atoms with Crippen molar-refractivity contribution in [2.24, 2.45) is 5.73 Å². The minimum Gasteiger partial charge on any atom is -0.479 e. The van der Waals surface area contributed by atoms with Crippen LogP contribution in [0.3, 0.4) is 0 Å². The van der Waals surface area contributed by atoms with Crippen LogP contribution in [0, 0.1) is 0 Å². The first-order valence-electron chi connectivity index (χ1n) is 21.3. The fourth-order valence-corrected chi connectivity index (χ4v) is 13.3. The lowest BCUT2D eigenvalue weighted by Gasteiger charge is -2.28. The molecule has 0 aliphatic carbocycles. The molecule has 2 aromatic rings. The zero-order chi connectivity index (χ0) is 71.7. The molecule has 14 atom stereocenters. The molecule has 0 aromatic carbocycles. The van der Waals surface area contributed by atoms with Crippen molar-refractivity contribution in [1.29, 1.82) is 0 Å². The molecule has 526 valence electrons. The molecule has 55 nitrogen and oxygen atoms in total. The van der Waals surface area contributed by atoms with Crippen LogP contribution in [0.1, 0.15) is 12.6 Å². The van der Waals surface area contributed by atoms with Gasteiger partial charge in [0, 0.05) is 6.42 Å². The van der Waals surface area contributed by atoms with Gasteiger partial charge < -0.3 is 169 Å². The van der Waals surface area contributed by atoms with Crippen LogP contribution in [0.2, 0.25) is 0 Å². The number of ether oxygens (including phenoxy) is 1. The monoisotopic (exact) mass is 1530 g/mol. The van der Waals surface area contributed by atoms with Gasteiger partial charge in [0.25, 0.3) is 5.08 Å². The number of carboxylic acids is 1. The summed E-state index contributed by atoms with van der Waals surface area (Å²) < 4.78 is 139. The third kappa shape index (κ3) is 26.5. The minimum atomic E-state index is -6.45. The first-order valence-corrected chi connectivity index (χ1v) is 37.2. The zero-order valence-electron chi connectivity index (χ0n) is 42.7. The van der Waals surface area contributed by atoms with E-state index in [2.05, 4.69) is 41.7 Å². The number of hydrogen-bond acceptors (Lipinski definition) is 37. The van der Waals surface area contributed by atoms with Crippen molar-refractivity contribution in [2.45, 2.75) is 83.8 Å². The van der Waals surface area contributed by atoms with E-state index >= 15 is 0 Å². The number of aliphatic carboxylic acids is 1. The normalized spacial score (nSPS) is 21.7. The van der Waals surface area contributed by atoms with Gasteiger partial charge in [-0.05, 0) is 6.54 Å². The van der Waals surface area contributed by atoms with E-state index in [-0.39, 0.29) is 17.0 Å². The summed E-state index contributed by atoms with van der Waals surface area (Å²) in [5, 5.41) is 106. The van der Waals surface area contributed by atoms with E-state index in [4.69, 9.17) is 125 Å². The van der Waals surface area contributed by atoms with E-state index in [1.807, 2.05) is 0 Å². The number of imidazole rings is 1. The van der Waals surface area contributed by atoms with Crippen molar-refractivity contribution in [3.8, 4) is 0 Å². The number of aromatic nitrogens is 4. The molecule has 65 heteroatoms. The predicted molar refractivity (Wildman–Crippen MR) is 268 cm³/mol. The van der Waals surface area contributed by atoms with Gasteiger partial charge in [-0.3, -0.25) is 36.5 Å². The number of rotatable bonds is 27. The van der Waals surface area contributed by atoms with E-state index in [9.17, 15) is 95.3 Å². The third-order valence-corrected chi connectivity index (χ3v) is 22.1. The fraction of sp³-hybridized carbons (Fsp3) is 0.640. The summed E-state index contributed by atoms with van der Waals surface area (Å²) in [6, 6.07) is 0. The number of fused-ring (bicyclic) bond motifs is 1. The average Bonchev–Trinajstić information content (AvgIpc) is 1.70. The lowest BCUT2D eigenvalue weighted by molar-refractivity contribution is -0.159. The van der Waals surface area contributed by atoms with Crippen LogP contribution in [0.15, 0.2) is 12.7 Å². The van der Waals surface area contributed by atoms with Gasteiger partial charge in [0.15, 0.2) is 65.5 Å². The number of carbonyl (C=O) groups is 4. The van der Waals surface area contributed by atoms with Crippen molar-refractivity contribution in [1.82, 2.24) is 19.5 Å². The van der Waals surface area contributed by atoms with Gasteiger partial charge in [-0.2, -0.15) is 13.2 Å². The predicted octanol–water partition coefficient (Wildman–Crippen LogP) is -11.1. The highest BCUT2D eigenvalue weighted by atomic mass is 31.3. The number of hydrogen-bond donors (Lipinski definition) is 30. The van der Waals surface area contributed by atoms with E-state index in [0.29, 0.717) is 0 Å². The highest BCUT2D eigenvalue weighted by Crippen LogP contribution is 2.69. The summed E-state index contributed by atoms with van der Waals surface area (Å²) >= 11 is 0. The number of nitrogen functional groups attached to an aromatic ring is 1. The Kier molecular flexibility index (Phi) is 31.8. The maximum Gasteiger partial charge on any atom is 0.654 e. The molecule has 0 radical (unpaired) electrons. The van der Waals surface area contributed by atoms with Crippen molar-refractivity contribution in [3.05, 3.63) is 12.7 Å². The maximum atomic E-state index is 12.5. The number of nitrogens with zero attached hydrogens (tertiary/aromatic N) is 4. The molecule has 0 bridgehead atoms. The summed E-state index contributed by atoms with van der Waals surface area (Å²) in [5.41, 5.74) is 10.9. The Morgan fingerprint density at radius 1 is 0.567 bits per heavy atom. The molecule has 90 heavy (non-hydrogen) atoms. The van der Waals surface area contributed by atoms with Crippen LogP contribution < -0.4 is 11.5 Å². The minimum absolute atomic E-state index is 0.0426. The average molecular weight is 1530 g/mol. The van der Waals surface area contributed by atoms with Crippen molar-refractivity contribution < 1.29 is 236 Å². The smallest absolute Gasteiger partial charge is 0.479 e. The van der Waals surface area contributed by atoms with Crippen LogP contribution in [0.4, 0.5) is 5.82 Å². The van der Waals surface area contributed by atoms with Crippen LogP contribution in [0.25, 0.3) is 11.2 Å². The molecule has 3 heterocycles. The Morgan fingerprint density at radius 2 is 0.933 bits per heavy atom. The third-order valence-electron chi connectivity index (χ3n) is 9.32. The SMILES string of the molecule is NCCC(O)(P(=O)(O)O)P(=O)(O)O.Nc1ncnc2c1ncn2[C@@H]1O[C@H](COP(=O)(O)OP(=O)(O)OP(=O)(O)O)[C@@H](O)[C@H]1O.O=C(O)C(O)C(O)P(=O)(O)O.O=C(OP(=O)(OC(=O)C(O)C(O)P(=O)(O)O)OC(=O)C(O)C(O)P(=O)(O)O)C(O)C(O)P(=O)(O)O. The second-order valence-electron chi connectivity index (χ2n) is 16.2. The molecule has 1 saturated heterocycles. The molecule has 1 aliphatic rings. The molecule has 1 aliphatic heterocycles. The Morgan fingerprint density at radius 3 is 1.23 bits per heavy atom. The zero-order valence-corrected chi connectivity index (χ0v) is 51.7. The Bertz CT molecular complexity index is 3180. The highest BCUT2D eigenvalue weighted by molar-refractivity contribution is 7.72. The first kappa shape index (κ1) is 87.2. The Hall–Kier alpha value is -2.75. The maximum absolute atomic E-state index is 12.5. The summed E-state index contributed by atoms with van der Waals surface area (Å²) in [6.07, 6.45) is -17.1. The van der Waals surface area contributed by atoms with E-state index in [1.165, 1.54) is 10.9 Å². The molecule has 10 unspecified atom stereocenters. The van der Waals surface area contributed by atoms with Crippen LogP contribution >= 0.6 is 76.9 Å². The van der Waals surface area contributed by atoms with Gasteiger partial charge in [0.1, 0.15) is 30.2 Å². The van der Waals surface area contributed by atoms with Crippen LogP contribution in [-0.2, 0) is 96.3 Å². The molecule has 32 N–H and O–H groups in total.